The molecular weight excluding hydrogens is 307 g/mol. The van der Waals surface area contributed by atoms with Crippen LogP contribution < -0.4 is 4.90 Å². The third kappa shape index (κ3) is 3.51. The van der Waals surface area contributed by atoms with Gasteiger partial charge in [-0.05, 0) is 38.1 Å². The fourth-order valence-corrected chi connectivity index (χ4v) is 3.49. The van der Waals surface area contributed by atoms with Gasteiger partial charge in [0.1, 0.15) is 5.82 Å². The molecule has 0 saturated carbocycles. The third-order valence-electron chi connectivity index (χ3n) is 5.08. The summed E-state index contributed by atoms with van der Waals surface area (Å²) in [6.07, 6.45) is 1.51. The van der Waals surface area contributed by atoms with Crippen molar-refractivity contribution in [2.45, 2.75) is 12.8 Å². The third-order valence-corrected chi connectivity index (χ3v) is 5.08. The number of rotatable bonds is 2. The van der Waals surface area contributed by atoms with E-state index in [9.17, 15) is 9.18 Å². The summed E-state index contributed by atoms with van der Waals surface area (Å²) in [5.74, 6) is -0.0629. The second kappa shape index (κ2) is 7.18. The van der Waals surface area contributed by atoms with E-state index in [0.29, 0.717) is 24.3 Å². The molecule has 1 amide bonds. The van der Waals surface area contributed by atoms with Crippen molar-refractivity contribution in [1.82, 2.24) is 9.80 Å². The summed E-state index contributed by atoms with van der Waals surface area (Å²) in [5, 5.41) is 8.82. The number of amides is 1. The zero-order chi connectivity index (χ0) is 17.1. The smallest absolute Gasteiger partial charge is 0.225 e. The molecule has 0 radical (unpaired) electrons. The number of piperidine rings is 1. The highest BCUT2D eigenvalue weighted by atomic mass is 19.1. The van der Waals surface area contributed by atoms with Crippen LogP contribution in [0.15, 0.2) is 18.2 Å². The van der Waals surface area contributed by atoms with E-state index in [1.165, 1.54) is 6.07 Å². The summed E-state index contributed by atoms with van der Waals surface area (Å²) >= 11 is 0. The molecule has 2 aliphatic rings. The summed E-state index contributed by atoms with van der Waals surface area (Å²) in [5.41, 5.74) is 0.857. The Morgan fingerprint density at radius 2 is 1.83 bits per heavy atom. The fourth-order valence-electron chi connectivity index (χ4n) is 3.49. The van der Waals surface area contributed by atoms with Crippen molar-refractivity contribution in [2.75, 3.05) is 51.2 Å². The van der Waals surface area contributed by atoms with Gasteiger partial charge in [-0.3, -0.25) is 4.79 Å². The first-order valence-electron chi connectivity index (χ1n) is 8.50. The van der Waals surface area contributed by atoms with Gasteiger partial charge in [0.05, 0.1) is 17.3 Å². The van der Waals surface area contributed by atoms with Crippen molar-refractivity contribution in [3.8, 4) is 6.07 Å². The molecule has 6 heteroatoms. The maximum Gasteiger partial charge on any atom is 0.225 e. The largest absolute Gasteiger partial charge is 0.369 e. The minimum atomic E-state index is -0.363. The molecule has 3 rings (SSSR count). The minimum absolute atomic E-state index is 0.0473. The first-order valence-corrected chi connectivity index (χ1v) is 8.50. The number of benzene rings is 1. The van der Waals surface area contributed by atoms with E-state index in [1.54, 1.807) is 12.1 Å². The number of anilines is 1. The standard InChI is InChI=1S/C18H23FN4O/c1-21-8-10-23(11-9-21)18(24)15-4-6-22(7-5-15)17-3-2-14(13-20)12-16(17)19/h2-3,12,15H,4-11H2,1H3. The van der Waals surface area contributed by atoms with Gasteiger partial charge < -0.3 is 14.7 Å². The van der Waals surface area contributed by atoms with Crippen molar-refractivity contribution in [3.63, 3.8) is 0 Å². The molecule has 2 aliphatic heterocycles. The predicted octanol–water partition coefficient (Wildman–Crippen LogP) is 1.69. The van der Waals surface area contributed by atoms with Crippen LogP contribution in [0, 0.1) is 23.1 Å². The van der Waals surface area contributed by atoms with Crippen molar-refractivity contribution in [2.24, 2.45) is 5.92 Å². The molecule has 24 heavy (non-hydrogen) atoms. The van der Waals surface area contributed by atoms with Crippen molar-refractivity contribution in [3.05, 3.63) is 29.6 Å². The zero-order valence-corrected chi connectivity index (χ0v) is 14.0. The zero-order valence-electron chi connectivity index (χ0n) is 14.0. The number of hydrogen-bond donors (Lipinski definition) is 0. The van der Waals surface area contributed by atoms with Gasteiger partial charge in [-0.2, -0.15) is 5.26 Å². The molecule has 2 fully saturated rings. The summed E-state index contributed by atoms with van der Waals surface area (Å²) in [4.78, 5) is 18.8. The number of carbonyl (C=O) groups is 1. The molecule has 128 valence electrons. The lowest BCUT2D eigenvalue weighted by molar-refractivity contribution is -0.137. The fraction of sp³-hybridized carbons (Fsp3) is 0.556. The number of nitriles is 1. The van der Waals surface area contributed by atoms with E-state index in [1.807, 2.05) is 15.9 Å². The Bertz CT molecular complexity index is 641. The quantitative estimate of drug-likeness (QED) is 0.828. The molecule has 5 nitrogen and oxygen atoms in total. The second-order valence-electron chi connectivity index (χ2n) is 6.67. The molecule has 1 aromatic carbocycles. The molecule has 0 atom stereocenters. The molecule has 2 heterocycles. The highest BCUT2D eigenvalue weighted by Gasteiger charge is 2.30. The van der Waals surface area contributed by atoms with Crippen LogP contribution in [0.25, 0.3) is 0 Å². The van der Waals surface area contributed by atoms with Gasteiger partial charge in [-0.25, -0.2) is 4.39 Å². The summed E-state index contributed by atoms with van der Waals surface area (Å²) in [6.45, 7) is 4.82. The normalized spacial score (nSPS) is 20.0. The van der Waals surface area contributed by atoms with E-state index in [2.05, 4.69) is 11.9 Å². The Morgan fingerprint density at radius 1 is 1.17 bits per heavy atom. The van der Waals surface area contributed by atoms with Crippen LogP contribution in [0.1, 0.15) is 18.4 Å². The van der Waals surface area contributed by atoms with E-state index in [4.69, 9.17) is 5.26 Å². The van der Waals surface area contributed by atoms with Gasteiger partial charge in [0.25, 0.3) is 0 Å². The number of likely N-dealkylation sites (N-methyl/N-ethyl adjacent to an activating group) is 1. The lowest BCUT2D eigenvalue weighted by Gasteiger charge is -2.38. The van der Waals surface area contributed by atoms with Crippen LogP contribution >= 0.6 is 0 Å². The van der Waals surface area contributed by atoms with Gasteiger partial charge in [0.15, 0.2) is 0 Å². The summed E-state index contributed by atoms with van der Waals surface area (Å²) in [7, 11) is 2.08. The predicted molar refractivity (Wildman–Crippen MR) is 90.1 cm³/mol. The Balaban J connectivity index is 1.58. The number of nitrogens with zero attached hydrogens (tertiary/aromatic N) is 4. The molecule has 0 bridgehead atoms. The molecule has 1 aromatic rings. The maximum atomic E-state index is 14.1. The Hall–Kier alpha value is -2.13. The summed E-state index contributed by atoms with van der Waals surface area (Å²) < 4.78 is 14.1. The van der Waals surface area contributed by atoms with Crippen molar-refractivity contribution < 1.29 is 9.18 Å². The second-order valence-corrected chi connectivity index (χ2v) is 6.67. The van der Waals surface area contributed by atoms with Crippen LogP contribution in [0.2, 0.25) is 0 Å². The number of carbonyl (C=O) groups excluding carboxylic acids is 1. The molecule has 0 N–H and O–H groups in total. The van der Waals surface area contributed by atoms with Gasteiger partial charge in [-0.1, -0.05) is 0 Å². The lowest BCUT2D eigenvalue weighted by Crippen LogP contribution is -2.50. The first kappa shape index (κ1) is 16.7. The number of hydrogen-bond acceptors (Lipinski definition) is 4. The maximum absolute atomic E-state index is 14.1. The molecule has 0 spiro atoms. The molecule has 0 aromatic heterocycles. The van der Waals surface area contributed by atoms with Crippen LogP contribution in [-0.4, -0.2) is 62.0 Å². The molecular formula is C18H23FN4O. The van der Waals surface area contributed by atoms with Crippen LogP contribution in [0.4, 0.5) is 10.1 Å². The molecule has 2 saturated heterocycles. The average Bonchev–Trinajstić information content (AvgIpc) is 2.62. The topological polar surface area (TPSA) is 50.6 Å². The Labute approximate surface area is 142 Å². The highest BCUT2D eigenvalue weighted by Crippen LogP contribution is 2.27. The van der Waals surface area contributed by atoms with Gasteiger partial charge in [-0.15, -0.1) is 0 Å². The van der Waals surface area contributed by atoms with Gasteiger partial charge >= 0.3 is 0 Å². The minimum Gasteiger partial charge on any atom is -0.369 e. The van der Waals surface area contributed by atoms with E-state index < -0.39 is 0 Å². The van der Waals surface area contributed by atoms with Gasteiger partial charge in [0.2, 0.25) is 5.91 Å². The number of halogens is 1. The Morgan fingerprint density at radius 3 is 2.42 bits per heavy atom. The van der Waals surface area contributed by atoms with Crippen LogP contribution in [-0.2, 0) is 4.79 Å². The van der Waals surface area contributed by atoms with Crippen molar-refractivity contribution >= 4 is 11.6 Å². The Kier molecular flexibility index (Phi) is 5.00. The van der Waals surface area contributed by atoms with E-state index in [-0.39, 0.29) is 17.6 Å². The SMILES string of the molecule is CN1CCN(C(=O)C2CCN(c3ccc(C#N)cc3F)CC2)CC1. The highest BCUT2D eigenvalue weighted by molar-refractivity contribution is 5.79. The average molecular weight is 330 g/mol. The van der Waals surface area contributed by atoms with E-state index >= 15 is 0 Å². The summed E-state index contributed by atoms with van der Waals surface area (Å²) in [6, 6.07) is 6.52. The molecule has 0 unspecified atom stereocenters. The number of piperazine rings is 1. The van der Waals surface area contributed by atoms with Crippen LogP contribution in [0.5, 0.6) is 0 Å². The first-order chi connectivity index (χ1) is 11.6. The van der Waals surface area contributed by atoms with Gasteiger partial charge in [0, 0.05) is 45.2 Å². The van der Waals surface area contributed by atoms with Crippen molar-refractivity contribution in [1.29, 1.82) is 5.26 Å². The van der Waals surface area contributed by atoms with E-state index in [0.717, 1.165) is 39.0 Å². The lowest BCUT2D eigenvalue weighted by atomic mass is 9.94. The van der Waals surface area contributed by atoms with Crippen LogP contribution in [0.3, 0.4) is 0 Å². The monoisotopic (exact) mass is 330 g/mol. The molecule has 0 aliphatic carbocycles.